The fourth-order valence-corrected chi connectivity index (χ4v) is 2.52. The fraction of sp³-hybridized carbons (Fsp3) is 0.0769. The van der Waals surface area contributed by atoms with Crippen LogP contribution in [0.3, 0.4) is 0 Å². The highest BCUT2D eigenvalue weighted by atomic mass is 32.2. The van der Waals surface area contributed by atoms with Crippen molar-refractivity contribution >= 4 is 17.4 Å². The van der Waals surface area contributed by atoms with Gasteiger partial charge in [-0.1, -0.05) is 17.8 Å². The van der Waals surface area contributed by atoms with Gasteiger partial charge in [0, 0.05) is 15.9 Å². The lowest BCUT2D eigenvalue weighted by Crippen LogP contribution is -1.95. The molecule has 0 aliphatic carbocycles. The summed E-state index contributed by atoms with van der Waals surface area (Å²) in [5, 5.41) is 19.9. The van der Waals surface area contributed by atoms with E-state index in [1.165, 1.54) is 36.0 Å². The Morgan fingerprint density at radius 1 is 1.21 bits per heavy atom. The second kappa shape index (κ2) is 5.81. The minimum atomic E-state index is -0.539. The van der Waals surface area contributed by atoms with Crippen LogP contribution in [0.25, 0.3) is 0 Å². The van der Waals surface area contributed by atoms with E-state index in [9.17, 15) is 14.5 Å². The molecule has 2 aromatic carbocycles. The van der Waals surface area contributed by atoms with Crippen molar-refractivity contribution in [3.05, 3.63) is 64.0 Å². The van der Waals surface area contributed by atoms with Crippen molar-refractivity contribution in [2.24, 2.45) is 0 Å². The van der Waals surface area contributed by atoms with E-state index in [2.05, 4.69) is 0 Å². The van der Waals surface area contributed by atoms with Crippen molar-refractivity contribution in [3.63, 3.8) is 0 Å². The highest BCUT2D eigenvalue weighted by Crippen LogP contribution is 2.31. The van der Waals surface area contributed by atoms with Gasteiger partial charge in [-0.25, -0.2) is 4.39 Å². The standard InChI is InChI=1S/C13H10FNO3S/c14-10-2-1-3-11(7-10)19-12-4-5-13(15(17)18)9(6-12)8-16/h1-7,16H,8H2. The first kappa shape index (κ1) is 13.5. The second-order valence-corrected chi connectivity index (χ2v) is 4.91. The quantitative estimate of drug-likeness (QED) is 0.688. The predicted octanol–water partition coefficient (Wildman–Crippen LogP) is 3.38. The van der Waals surface area contributed by atoms with Gasteiger partial charge in [0.1, 0.15) is 5.82 Å². The lowest BCUT2D eigenvalue weighted by Gasteiger charge is -2.04. The maximum absolute atomic E-state index is 13.0. The summed E-state index contributed by atoms with van der Waals surface area (Å²) in [7, 11) is 0. The van der Waals surface area contributed by atoms with Crippen LogP contribution < -0.4 is 0 Å². The molecule has 2 aromatic rings. The number of nitro benzene ring substituents is 1. The lowest BCUT2D eigenvalue weighted by atomic mass is 10.2. The molecule has 98 valence electrons. The molecule has 0 saturated heterocycles. The SMILES string of the molecule is O=[N+]([O-])c1ccc(Sc2cccc(F)c2)cc1CO. The Bertz CT molecular complexity index is 619. The first-order valence-corrected chi connectivity index (χ1v) is 6.23. The summed E-state index contributed by atoms with van der Waals surface area (Å²) >= 11 is 1.28. The highest BCUT2D eigenvalue weighted by molar-refractivity contribution is 7.99. The van der Waals surface area contributed by atoms with Gasteiger partial charge in [-0.15, -0.1) is 0 Å². The molecular weight excluding hydrogens is 269 g/mol. The van der Waals surface area contributed by atoms with Gasteiger partial charge in [0.05, 0.1) is 17.1 Å². The van der Waals surface area contributed by atoms with Crippen molar-refractivity contribution in [1.82, 2.24) is 0 Å². The zero-order valence-electron chi connectivity index (χ0n) is 9.75. The predicted molar refractivity (Wildman–Crippen MR) is 69.5 cm³/mol. The van der Waals surface area contributed by atoms with E-state index in [4.69, 9.17) is 5.11 Å². The summed E-state index contributed by atoms with van der Waals surface area (Å²) in [6.45, 7) is -0.409. The molecule has 0 bridgehead atoms. The van der Waals surface area contributed by atoms with Crippen LogP contribution in [0, 0.1) is 15.9 Å². The van der Waals surface area contributed by atoms with Gasteiger partial charge in [0.15, 0.2) is 0 Å². The molecule has 4 nitrogen and oxygen atoms in total. The van der Waals surface area contributed by atoms with E-state index in [1.54, 1.807) is 18.2 Å². The number of nitro groups is 1. The number of aliphatic hydroxyl groups is 1. The minimum absolute atomic E-state index is 0.119. The largest absolute Gasteiger partial charge is 0.391 e. The number of aliphatic hydroxyl groups excluding tert-OH is 1. The van der Waals surface area contributed by atoms with Crippen LogP contribution in [0.15, 0.2) is 52.3 Å². The van der Waals surface area contributed by atoms with Gasteiger partial charge >= 0.3 is 0 Å². The molecule has 0 unspecified atom stereocenters. The molecule has 0 aromatic heterocycles. The van der Waals surface area contributed by atoms with Gasteiger partial charge in [-0.2, -0.15) is 0 Å². The Morgan fingerprint density at radius 2 is 1.95 bits per heavy atom. The van der Waals surface area contributed by atoms with Crippen molar-refractivity contribution in [1.29, 1.82) is 0 Å². The Kier molecular flexibility index (Phi) is 4.13. The summed E-state index contributed by atoms with van der Waals surface area (Å²) in [6.07, 6.45) is 0. The Balaban J connectivity index is 2.29. The Hall–Kier alpha value is -1.92. The first-order chi connectivity index (χ1) is 9.10. The molecule has 1 N–H and O–H groups in total. The molecule has 19 heavy (non-hydrogen) atoms. The van der Waals surface area contributed by atoms with Crippen molar-refractivity contribution in [2.45, 2.75) is 16.4 Å². The van der Waals surface area contributed by atoms with Crippen molar-refractivity contribution in [3.8, 4) is 0 Å². The topological polar surface area (TPSA) is 63.4 Å². The van der Waals surface area contributed by atoms with Crippen LogP contribution in [-0.2, 0) is 6.61 Å². The third kappa shape index (κ3) is 3.30. The maximum Gasteiger partial charge on any atom is 0.274 e. The normalized spacial score (nSPS) is 10.4. The molecule has 0 radical (unpaired) electrons. The molecule has 0 heterocycles. The van der Waals surface area contributed by atoms with Crippen LogP contribution >= 0.6 is 11.8 Å². The summed E-state index contributed by atoms with van der Waals surface area (Å²) in [5.41, 5.74) is 0.123. The van der Waals surface area contributed by atoms with Gasteiger partial charge < -0.3 is 5.11 Å². The molecular formula is C13H10FNO3S. The molecule has 0 atom stereocenters. The summed E-state index contributed by atoms with van der Waals surface area (Å²) < 4.78 is 13.0. The van der Waals surface area contributed by atoms with Gasteiger partial charge in [-0.3, -0.25) is 10.1 Å². The van der Waals surface area contributed by atoms with Crippen molar-refractivity contribution in [2.75, 3.05) is 0 Å². The van der Waals surface area contributed by atoms with Gasteiger partial charge in [0.25, 0.3) is 5.69 Å². The lowest BCUT2D eigenvalue weighted by molar-refractivity contribution is -0.385. The van der Waals surface area contributed by atoms with Crippen LogP contribution in [0.5, 0.6) is 0 Å². The van der Waals surface area contributed by atoms with Crippen LogP contribution in [0.4, 0.5) is 10.1 Å². The van der Waals surface area contributed by atoms with Gasteiger partial charge in [-0.05, 0) is 30.3 Å². The number of halogens is 1. The second-order valence-electron chi connectivity index (χ2n) is 3.77. The van der Waals surface area contributed by atoms with E-state index in [0.717, 1.165) is 0 Å². The zero-order valence-corrected chi connectivity index (χ0v) is 10.6. The molecule has 0 spiro atoms. The van der Waals surface area contributed by atoms with E-state index in [0.29, 0.717) is 9.79 Å². The Morgan fingerprint density at radius 3 is 2.58 bits per heavy atom. The number of hydrogen-bond donors (Lipinski definition) is 1. The first-order valence-electron chi connectivity index (χ1n) is 5.42. The van der Waals surface area contributed by atoms with E-state index < -0.39 is 11.5 Å². The van der Waals surface area contributed by atoms with Crippen LogP contribution in [-0.4, -0.2) is 10.0 Å². The molecule has 0 saturated carbocycles. The van der Waals surface area contributed by atoms with Crippen LogP contribution in [0.1, 0.15) is 5.56 Å². The smallest absolute Gasteiger partial charge is 0.274 e. The van der Waals surface area contributed by atoms with Crippen molar-refractivity contribution < 1.29 is 14.4 Å². The summed E-state index contributed by atoms with van der Waals surface area (Å²) in [6, 6.07) is 10.5. The number of hydrogen-bond acceptors (Lipinski definition) is 4. The van der Waals surface area contributed by atoms with E-state index in [-0.39, 0.29) is 17.1 Å². The van der Waals surface area contributed by atoms with E-state index >= 15 is 0 Å². The summed E-state index contributed by atoms with van der Waals surface area (Å²) in [4.78, 5) is 11.6. The number of nitrogens with zero attached hydrogens (tertiary/aromatic N) is 1. The maximum atomic E-state index is 13.0. The summed E-state index contributed by atoms with van der Waals surface area (Å²) in [5.74, 6) is -0.339. The molecule has 0 aliphatic rings. The number of rotatable bonds is 4. The molecule has 0 amide bonds. The molecule has 6 heteroatoms. The monoisotopic (exact) mass is 279 g/mol. The third-order valence-corrected chi connectivity index (χ3v) is 3.43. The average molecular weight is 279 g/mol. The van der Waals surface area contributed by atoms with Crippen LogP contribution in [0.2, 0.25) is 0 Å². The third-order valence-electron chi connectivity index (χ3n) is 2.45. The molecule has 0 fully saturated rings. The fourth-order valence-electron chi connectivity index (χ4n) is 1.60. The zero-order chi connectivity index (χ0) is 13.8. The molecule has 2 rings (SSSR count). The highest BCUT2D eigenvalue weighted by Gasteiger charge is 2.13. The number of benzene rings is 2. The average Bonchev–Trinajstić information content (AvgIpc) is 2.38. The minimum Gasteiger partial charge on any atom is -0.391 e. The van der Waals surface area contributed by atoms with Gasteiger partial charge in [0.2, 0.25) is 0 Å². The molecule has 0 aliphatic heterocycles. The Labute approximate surface area is 113 Å². The van der Waals surface area contributed by atoms with E-state index in [1.807, 2.05) is 0 Å².